The highest BCUT2D eigenvalue weighted by molar-refractivity contribution is 9.10. The number of ketones is 1. The van der Waals surface area contributed by atoms with Crippen LogP contribution in [-0.4, -0.2) is 27.8 Å². The van der Waals surface area contributed by atoms with Gasteiger partial charge in [0.05, 0.1) is 4.92 Å². The Kier molecular flexibility index (Phi) is 6.59. The molecule has 2 aromatic rings. The van der Waals surface area contributed by atoms with E-state index in [2.05, 4.69) is 21.2 Å². The van der Waals surface area contributed by atoms with Crippen molar-refractivity contribution in [2.24, 2.45) is 0 Å². The van der Waals surface area contributed by atoms with Gasteiger partial charge in [-0.05, 0) is 30.7 Å². The summed E-state index contributed by atoms with van der Waals surface area (Å²) in [4.78, 5) is 34.4. The molecule has 0 amide bonds. The smallest absolute Gasteiger partial charge is 0.320 e. The lowest BCUT2D eigenvalue weighted by Crippen LogP contribution is -2.35. The summed E-state index contributed by atoms with van der Waals surface area (Å²) in [5, 5.41) is 23.1. The van der Waals surface area contributed by atoms with Crippen LogP contribution in [0.2, 0.25) is 0 Å². The number of halogens is 1. The first-order valence-corrected chi connectivity index (χ1v) is 8.66. The van der Waals surface area contributed by atoms with E-state index < -0.39 is 16.9 Å². The van der Waals surface area contributed by atoms with Crippen LogP contribution in [0.1, 0.15) is 34.8 Å². The van der Waals surface area contributed by atoms with Gasteiger partial charge >= 0.3 is 5.97 Å². The average Bonchev–Trinajstić information content (AvgIpc) is 2.61. The van der Waals surface area contributed by atoms with Gasteiger partial charge in [0.2, 0.25) is 0 Å². The number of nitrogens with zero attached hydrogens (tertiary/aromatic N) is 1. The molecule has 0 bridgehead atoms. The molecule has 2 rings (SSSR count). The maximum Gasteiger partial charge on any atom is 0.320 e. The van der Waals surface area contributed by atoms with E-state index in [1.54, 1.807) is 31.2 Å². The molecule has 7 nitrogen and oxygen atoms in total. The van der Waals surface area contributed by atoms with E-state index >= 15 is 0 Å². The van der Waals surface area contributed by atoms with Gasteiger partial charge in [0.1, 0.15) is 6.04 Å². The van der Waals surface area contributed by atoms with Gasteiger partial charge in [-0.1, -0.05) is 35.0 Å². The number of nitro groups is 1. The quantitative estimate of drug-likeness (QED) is 0.383. The van der Waals surface area contributed by atoms with Crippen molar-refractivity contribution in [2.75, 3.05) is 0 Å². The van der Waals surface area contributed by atoms with Crippen molar-refractivity contribution in [1.29, 1.82) is 0 Å². The zero-order valence-corrected chi connectivity index (χ0v) is 15.5. The summed E-state index contributed by atoms with van der Waals surface area (Å²) in [6, 6.07) is 10.1. The Hall–Kier alpha value is -2.58. The summed E-state index contributed by atoms with van der Waals surface area (Å²) < 4.78 is 0.749. The van der Waals surface area contributed by atoms with Crippen molar-refractivity contribution in [1.82, 2.24) is 5.32 Å². The number of hydrogen-bond acceptors (Lipinski definition) is 5. The fourth-order valence-electron chi connectivity index (χ4n) is 2.48. The molecule has 136 valence electrons. The largest absolute Gasteiger partial charge is 0.480 e. The molecule has 0 heterocycles. The van der Waals surface area contributed by atoms with Gasteiger partial charge in [0.15, 0.2) is 5.78 Å². The predicted molar refractivity (Wildman–Crippen MR) is 99.2 cm³/mol. The summed E-state index contributed by atoms with van der Waals surface area (Å²) in [5.74, 6) is -1.30. The van der Waals surface area contributed by atoms with Crippen molar-refractivity contribution >= 4 is 33.4 Å². The number of aliphatic carboxylic acids is 1. The SMILES string of the molecule is CCC(NCc1cc(C(=O)c2cccc(Br)c2)ccc1[N+](=O)[O-])C(=O)O. The standard InChI is InChI=1S/C18H17BrN2O5/c1-2-15(18(23)24)20-10-13-8-12(6-7-16(13)21(25)26)17(22)11-4-3-5-14(19)9-11/h3-9,15,20H,2,10H2,1H3,(H,23,24). The lowest BCUT2D eigenvalue weighted by Gasteiger charge is -2.13. The van der Waals surface area contributed by atoms with Crippen LogP contribution in [-0.2, 0) is 11.3 Å². The van der Waals surface area contributed by atoms with Crippen molar-refractivity contribution in [2.45, 2.75) is 25.9 Å². The molecule has 2 aromatic carbocycles. The number of nitrogens with one attached hydrogen (secondary N) is 1. The highest BCUT2D eigenvalue weighted by Crippen LogP contribution is 2.23. The van der Waals surface area contributed by atoms with Gasteiger partial charge < -0.3 is 10.4 Å². The number of hydrogen-bond donors (Lipinski definition) is 2. The molecule has 0 radical (unpaired) electrons. The molecule has 0 aliphatic carbocycles. The molecular weight excluding hydrogens is 404 g/mol. The van der Waals surface area contributed by atoms with Gasteiger partial charge in [0, 0.05) is 33.8 Å². The van der Waals surface area contributed by atoms with Gasteiger partial charge in [-0.3, -0.25) is 19.7 Å². The Morgan fingerprint density at radius 1 is 1.23 bits per heavy atom. The summed E-state index contributed by atoms with van der Waals surface area (Å²) in [5.41, 5.74) is 0.845. The average molecular weight is 421 g/mol. The summed E-state index contributed by atoms with van der Waals surface area (Å²) in [7, 11) is 0. The van der Waals surface area contributed by atoms with Crippen LogP contribution < -0.4 is 5.32 Å². The number of benzene rings is 2. The minimum atomic E-state index is -1.03. The van der Waals surface area contributed by atoms with Gasteiger partial charge in [-0.25, -0.2) is 0 Å². The lowest BCUT2D eigenvalue weighted by molar-refractivity contribution is -0.385. The molecular formula is C18H17BrN2O5. The van der Waals surface area contributed by atoms with Gasteiger partial charge in [-0.15, -0.1) is 0 Å². The minimum absolute atomic E-state index is 0.0271. The molecule has 1 unspecified atom stereocenters. The number of nitro benzene ring substituents is 1. The third-order valence-corrected chi connectivity index (χ3v) is 4.36. The second-order valence-corrected chi connectivity index (χ2v) is 6.54. The highest BCUT2D eigenvalue weighted by Gasteiger charge is 2.20. The Morgan fingerprint density at radius 2 is 1.92 bits per heavy atom. The molecule has 0 aromatic heterocycles. The van der Waals surface area contributed by atoms with Crippen LogP contribution in [0.4, 0.5) is 5.69 Å². The molecule has 26 heavy (non-hydrogen) atoms. The van der Waals surface area contributed by atoms with E-state index in [0.717, 1.165) is 4.47 Å². The summed E-state index contributed by atoms with van der Waals surface area (Å²) in [6.07, 6.45) is 0.333. The van der Waals surface area contributed by atoms with E-state index in [1.807, 2.05) is 0 Å². The zero-order valence-electron chi connectivity index (χ0n) is 13.9. The number of carbonyl (C=O) groups excluding carboxylic acids is 1. The molecule has 0 saturated heterocycles. The molecule has 0 aliphatic heterocycles. The fourth-order valence-corrected chi connectivity index (χ4v) is 2.88. The van der Waals surface area contributed by atoms with Crippen molar-refractivity contribution in [3.05, 3.63) is 73.7 Å². The fraction of sp³-hybridized carbons (Fsp3) is 0.222. The Balaban J connectivity index is 2.34. The lowest BCUT2D eigenvalue weighted by atomic mass is 10.00. The second kappa shape index (κ2) is 8.68. The van der Waals surface area contributed by atoms with E-state index in [4.69, 9.17) is 5.11 Å². The van der Waals surface area contributed by atoms with Crippen LogP contribution in [0.5, 0.6) is 0 Å². The van der Waals surface area contributed by atoms with Crippen LogP contribution in [0, 0.1) is 10.1 Å². The van der Waals surface area contributed by atoms with E-state index in [-0.39, 0.29) is 23.6 Å². The van der Waals surface area contributed by atoms with Crippen molar-refractivity contribution < 1.29 is 19.6 Å². The molecule has 2 N–H and O–H groups in total. The number of rotatable bonds is 8. The molecule has 1 atom stereocenters. The normalized spacial score (nSPS) is 11.8. The Bertz CT molecular complexity index is 853. The number of carboxylic acid groups (broad SMARTS) is 1. The monoisotopic (exact) mass is 420 g/mol. The van der Waals surface area contributed by atoms with Gasteiger partial charge in [0.25, 0.3) is 5.69 Å². The Labute approximate surface area is 158 Å². The second-order valence-electron chi connectivity index (χ2n) is 5.62. The maximum absolute atomic E-state index is 12.6. The van der Waals surface area contributed by atoms with Gasteiger partial charge in [-0.2, -0.15) is 0 Å². The van der Waals surface area contributed by atoms with Crippen LogP contribution in [0.15, 0.2) is 46.9 Å². The molecule has 8 heteroatoms. The zero-order chi connectivity index (χ0) is 19.3. The van der Waals surface area contributed by atoms with E-state index in [0.29, 0.717) is 17.5 Å². The van der Waals surface area contributed by atoms with Crippen molar-refractivity contribution in [3.63, 3.8) is 0 Å². The summed E-state index contributed by atoms with van der Waals surface area (Å²) in [6.45, 7) is 1.67. The first-order chi connectivity index (χ1) is 12.3. The first kappa shape index (κ1) is 19.7. The summed E-state index contributed by atoms with van der Waals surface area (Å²) >= 11 is 3.30. The molecule has 0 saturated carbocycles. The third-order valence-electron chi connectivity index (χ3n) is 3.87. The third kappa shape index (κ3) is 4.74. The van der Waals surface area contributed by atoms with Crippen molar-refractivity contribution in [3.8, 4) is 0 Å². The van der Waals surface area contributed by atoms with E-state index in [9.17, 15) is 19.7 Å². The Morgan fingerprint density at radius 3 is 2.50 bits per heavy atom. The topological polar surface area (TPSA) is 110 Å². The van der Waals surface area contributed by atoms with Crippen LogP contribution in [0.3, 0.4) is 0 Å². The first-order valence-electron chi connectivity index (χ1n) is 7.87. The molecule has 0 fully saturated rings. The van der Waals surface area contributed by atoms with Crippen LogP contribution >= 0.6 is 15.9 Å². The van der Waals surface area contributed by atoms with E-state index in [1.165, 1.54) is 18.2 Å². The molecule has 0 spiro atoms. The minimum Gasteiger partial charge on any atom is -0.480 e. The highest BCUT2D eigenvalue weighted by atomic mass is 79.9. The number of carbonyl (C=O) groups is 2. The number of carboxylic acids is 1. The van der Waals surface area contributed by atoms with Crippen LogP contribution in [0.25, 0.3) is 0 Å². The molecule has 0 aliphatic rings. The predicted octanol–water partition coefficient (Wildman–Crippen LogP) is 3.54. The maximum atomic E-state index is 12.6.